The monoisotopic (exact) mass is 394 g/mol. The number of ether oxygens (including phenoxy) is 2. The molecule has 1 heterocycles. The van der Waals surface area contributed by atoms with E-state index in [1.165, 1.54) is 32.4 Å². The predicted octanol–water partition coefficient (Wildman–Crippen LogP) is 1.58. The van der Waals surface area contributed by atoms with Gasteiger partial charge in [-0.1, -0.05) is 0 Å². The minimum atomic E-state index is -4.95. The van der Waals surface area contributed by atoms with Crippen LogP contribution in [0, 0.1) is 0 Å². The van der Waals surface area contributed by atoms with Crippen LogP contribution < -0.4 is 9.47 Å². The number of hydrogen-bond acceptors (Lipinski definition) is 5. The summed E-state index contributed by atoms with van der Waals surface area (Å²) in [5.41, 5.74) is -1.29. The van der Waals surface area contributed by atoms with Gasteiger partial charge in [-0.05, 0) is 24.3 Å². The van der Waals surface area contributed by atoms with Crippen LogP contribution in [-0.2, 0) is 15.0 Å². The van der Waals surface area contributed by atoms with Gasteiger partial charge >= 0.3 is 22.4 Å². The van der Waals surface area contributed by atoms with Crippen molar-refractivity contribution < 1.29 is 41.0 Å². The first-order valence-electron chi connectivity index (χ1n) is 6.85. The average Bonchev–Trinajstić information content (AvgIpc) is 2.54. The first kappa shape index (κ1) is 19.6. The largest absolute Gasteiger partial charge is 0.493 e. The molecule has 0 bridgehead atoms. The molecule has 1 aromatic rings. The molecule has 0 amide bonds. The van der Waals surface area contributed by atoms with Gasteiger partial charge in [0.1, 0.15) is 12.2 Å². The van der Waals surface area contributed by atoms with Gasteiger partial charge in [-0.2, -0.15) is 21.6 Å². The minimum Gasteiger partial charge on any atom is -0.493 e. The fourth-order valence-corrected chi connectivity index (χ4v) is 3.35. The second-order valence-corrected chi connectivity index (χ2v) is 6.50. The Morgan fingerprint density at radius 1 is 1.23 bits per heavy atom. The highest BCUT2D eigenvalue weighted by atomic mass is 32.2. The highest BCUT2D eigenvalue weighted by Crippen LogP contribution is 2.31. The second-order valence-electron chi connectivity index (χ2n) is 4.98. The molecule has 12 heteroatoms. The Bertz CT molecular complexity index is 892. The number of carbonyl (C=O) groups is 1. The van der Waals surface area contributed by atoms with E-state index < -0.39 is 34.6 Å². The Kier molecular flexibility index (Phi) is 5.16. The maximum absolute atomic E-state index is 12.6. The quantitative estimate of drug-likeness (QED) is 0.813. The average molecular weight is 394 g/mol. The van der Waals surface area contributed by atoms with Gasteiger partial charge in [-0.15, -0.1) is 4.40 Å². The lowest BCUT2D eigenvalue weighted by molar-refractivity contribution is -0.140. The molecule has 0 unspecified atom stereocenters. The lowest BCUT2D eigenvalue weighted by Gasteiger charge is -2.26. The van der Waals surface area contributed by atoms with Crippen molar-refractivity contribution >= 4 is 21.9 Å². The zero-order chi connectivity index (χ0) is 19.7. The molecule has 1 aliphatic rings. The number of methoxy groups -OCH3 is 2. The highest BCUT2D eigenvalue weighted by Gasteiger charge is 2.41. The van der Waals surface area contributed by atoms with Gasteiger partial charge in [-0.3, -0.25) is 0 Å². The number of carboxylic acids is 1. The molecule has 0 aromatic heterocycles. The van der Waals surface area contributed by atoms with Crippen LogP contribution in [0.3, 0.4) is 0 Å². The first-order chi connectivity index (χ1) is 12.0. The Balaban J connectivity index is 2.57. The molecule has 1 aromatic carbocycles. The SMILES string of the molecule is COc1ccc(C2=NS(=O)(=O)N(CC(F)(F)F)C(C(=O)O)=C2)cc1OC. The number of aliphatic carboxylic acids is 1. The van der Waals surface area contributed by atoms with Crippen LogP contribution in [-0.4, -0.2) is 56.5 Å². The molecule has 0 radical (unpaired) electrons. The number of nitrogens with zero attached hydrogens (tertiary/aromatic N) is 2. The van der Waals surface area contributed by atoms with Gasteiger partial charge in [0, 0.05) is 5.56 Å². The number of allylic oxidation sites excluding steroid dienone is 1. The van der Waals surface area contributed by atoms with Crippen molar-refractivity contribution in [3.63, 3.8) is 0 Å². The Morgan fingerprint density at radius 3 is 2.35 bits per heavy atom. The fraction of sp³-hybridized carbons (Fsp3) is 0.286. The van der Waals surface area contributed by atoms with Gasteiger partial charge < -0.3 is 14.6 Å². The Morgan fingerprint density at radius 2 is 1.85 bits per heavy atom. The van der Waals surface area contributed by atoms with Crippen molar-refractivity contribution in [1.29, 1.82) is 0 Å². The molecular formula is C14H13F3N2O6S. The lowest BCUT2D eigenvalue weighted by atomic mass is 10.1. The fourth-order valence-electron chi connectivity index (χ4n) is 2.16. The van der Waals surface area contributed by atoms with Crippen molar-refractivity contribution in [3.8, 4) is 11.5 Å². The van der Waals surface area contributed by atoms with E-state index in [0.29, 0.717) is 5.75 Å². The molecule has 0 saturated carbocycles. The van der Waals surface area contributed by atoms with Gasteiger partial charge in [0.05, 0.1) is 19.9 Å². The molecule has 142 valence electrons. The normalized spacial score (nSPS) is 16.6. The van der Waals surface area contributed by atoms with E-state index in [-0.39, 0.29) is 21.3 Å². The summed E-state index contributed by atoms with van der Waals surface area (Å²) >= 11 is 0. The summed E-state index contributed by atoms with van der Waals surface area (Å²) in [7, 11) is -2.21. The van der Waals surface area contributed by atoms with Gasteiger partial charge in [0.25, 0.3) is 0 Å². The molecule has 1 aliphatic heterocycles. The summed E-state index contributed by atoms with van der Waals surface area (Å²) in [5, 5.41) is 9.14. The molecule has 0 spiro atoms. The molecule has 26 heavy (non-hydrogen) atoms. The van der Waals surface area contributed by atoms with Crippen molar-refractivity contribution in [2.75, 3.05) is 20.8 Å². The Labute approximate surface area is 146 Å². The minimum absolute atomic E-state index is 0.122. The van der Waals surface area contributed by atoms with E-state index >= 15 is 0 Å². The van der Waals surface area contributed by atoms with E-state index in [0.717, 1.165) is 6.08 Å². The van der Waals surface area contributed by atoms with Crippen LogP contribution in [0.5, 0.6) is 11.5 Å². The highest BCUT2D eigenvalue weighted by molar-refractivity contribution is 7.88. The zero-order valence-electron chi connectivity index (χ0n) is 13.4. The van der Waals surface area contributed by atoms with Crippen molar-refractivity contribution in [2.45, 2.75) is 6.18 Å². The maximum atomic E-state index is 12.6. The molecule has 1 N–H and O–H groups in total. The number of benzene rings is 1. The predicted molar refractivity (Wildman–Crippen MR) is 83.5 cm³/mol. The third kappa shape index (κ3) is 4.07. The van der Waals surface area contributed by atoms with Crippen molar-refractivity contribution in [3.05, 3.63) is 35.5 Å². The van der Waals surface area contributed by atoms with Crippen LogP contribution in [0.1, 0.15) is 5.56 Å². The van der Waals surface area contributed by atoms with Crippen molar-refractivity contribution in [1.82, 2.24) is 4.31 Å². The van der Waals surface area contributed by atoms with E-state index in [4.69, 9.17) is 14.6 Å². The number of alkyl halides is 3. The smallest absolute Gasteiger partial charge is 0.407 e. The zero-order valence-corrected chi connectivity index (χ0v) is 14.3. The summed E-state index contributed by atoms with van der Waals surface area (Å²) in [6, 6.07) is 4.10. The van der Waals surface area contributed by atoms with Gasteiger partial charge in [0.2, 0.25) is 0 Å². The standard InChI is InChI=1S/C14H13F3N2O6S/c1-24-11-4-3-8(5-12(11)25-2)9-6-10(13(20)21)19(7-14(15,16)17)26(22,23)18-9/h3-6H,7H2,1-2H3,(H,20,21). The molecule has 8 nitrogen and oxygen atoms in total. The van der Waals surface area contributed by atoms with Crippen LogP contribution in [0.15, 0.2) is 34.4 Å². The molecule has 0 saturated heterocycles. The van der Waals surface area contributed by atoms with Crippen LogP contribution >= 0.6 is 0 Å². The summed E-state index contributed by atoms with van der Waals surface area (Å²) in [6.07, 6.45) is -4.20. The molecule has 0 fully saturated rings. The molecule has 0 atom stereocenters. The van der Waals surface area contributed by atoms with E-state index in [9.17, 15) is 26.4 Å². The summed E-state index contributed by atoms with van der Waals surface area (Å²) in [5.74, 6) is -1.32. The van der Waals surface area contributed by atoms with Gasteiger partial charge in [0.15, 0.2) is 11.5 Å². The molecular weight excluding hydrogens is 381 g/mol. The molecule has 2 rings (SSSR count). The number of hydrogen-bond donors (Lipinski definition) is 1. The third-order valence-corrected chi connectivity index (χ3v) is 4.57. The number of carboxylic acid groups (broad SMARTS) is 1. The molecule has 0 aliphatic carbocycles. The summed E-state index contributed by atoms with van der Waals surface area (Å²) in [6.45, 7) is -2.00. The summed E-state index contributed by atoms with van der Waals surface area (Å²) in [4.78, 5) is 11.3. The topological polar surface area (TPSA) is 106 Å². The van der Waals surface area contributed by atoms with E-state index in [1.54, 1.807) is 0 Å². The van der Waals surface area contributed by atoms with Gasteiger partial charge in [-0.25, -0.2) is 9.10 Å². The van der Waals surface area contributed by atoms with E-state index in [2.05, 4.69) is 4.40 Å². The van der Waals surface area contributed by atoms with E-state index in [1.807, 2.05) is 0 Å². The van der Waals surface area contributed by atoms with Crippen molar-refractivity contribution in [2.24, 2.45) is 4.40 Å². The Hall–Kier alpha value is -2.76. The first-order valence-corrected chi connectivity index (χ1v) is 8.25. The van der Waals surface area contributed by atoms with Crippen LogP contribution in [0.25, 0.3) is 0 Å². The second kappa shape index (κ2) is 6.86. The maximum Gasteiger partial charge on any atom is 0.407 e. The lowest BCUT2D eigenvalue weighted by Crippen LogP contribution is -2.42. The third-order valence-electron chi connectivity index (χ3n) is 3.26. The van der Waals surface area contributed by atoms with Crippen LogP contribution in [0.4, 0.5) is 13.2 Å². The summed E-state index contributed by atoms with van der Waals surface area (Å²) < 4.78 is 75.1. The number of halogens is 3. The van der Waals surface area contributed by atoms with Crippen LogP contribution in [0.2, 0.25) is 0 Å². The number of rotatable bonds is 5.